The van der Waals surface area contributed by atoms with E-state index in [-0.39, 0.29) is 11.9 Å². The van der Waals surface area contributed by atoms with E-state index in [9.17, 15) is 4.79 Å². The normalized spacial score (nSPS) is 12.6. The molecule has 20 heavy (non-hydrogen) atoms. The van der Waals surface area contributed by atoms with Crippen LogP contribution in [0.25, 0.3) is 0 Å². The molecule has 1 atom stereocenters. The summed E-state index contributed by atoms with van der Waals surface area (Å²) < 4.78 is 0. The average molecular weight is 271 g/mol. The van der Waals surface area contributed by atoms with Crippen LogP contribution in [0.15, 0.2) is 55.3 Å². The van der Waals surface area contributed by atoms with Crippen molar-refractivity contribution in [2.45, 2.75) is 19.9 Å². The predicted octanol–water partition coefficient (Wildman–Crippen LogP) is 2.61. The Morgan fingerprint density at radius 1 is 1.45 bits per heavy atom. The van der Waals surface area contributed by atoms with E-state index >= 15 is 0 Å². The molecule has 1 rings (SSSR count). The minimum Gasteiger partial charge on any atom is -0.309 e. The van der Waals surface area contributed by atoms with Crippen LogP contribution >= 0.6 is 0 Å². The van der Waals surface area contributed by atoms with Crippen molar-refractivity contribution >= 4 is 11.7 Å². The van der Waals surface area contributed by atoms with E-state index in [1.807, 2.05) is 19.1 Å². The van der Waals surface area contributed by atoms with Crippen LogP contribution in [0.1, 0.15) is 12.5 Å². The molecule has 0 aliphatic carbocycles. The number of nitrogens with zero attached hydrogens (tertiary/aromatic N) is 1. The average Bonchev–Trinajstić information content (AvgIpc) is 2.45. The highest BCUT2D eigenvalue weighted by atomic mass is 16.2. The monoisotopic (exact) mass is 271 g/mol. The highest BCUT2D eigenvalue weighted by Gasteiger charge is 2.12. The fourth-order valence-electron chi connectivity index (χ4n) is 1.49. The number of rotatable bonds is 7. The highest BCUT2D eigenvalue weighted by molar-refractivity contribution is 5.93. The molecule has 1 aromatic heterocycles. The zero-order chi connectivity index (χ0) is 15.0. The third-order valence-corrected chi connectivity index (χ3v) is 2.76. The van der Waals surface area contributed by atoms with E-state index < -0.39 is 0 Å². The van der Waals surface area contributed by atoms with Gasteiger partial charge in [0.2, 0.25) is 5.91 Å². The fraction of sp³-hybridized carbons (Fsp3) is 0.250. The first-order valence-corrected chi connectivity index (χ1v) is 6.47. The van der Waals surface area contributed by atoms with Gasteiger partial charge in [0.15, 0.2) is 0 Å². The summed E-state index contributed by atoms with van der Waals surface area (Å²) in [6.07, 6.45) is 7.00. The quantitative estimate of drug-likeness (QED) is 0.750. The summed E-state index contributed by atoms with van der Waals surface area (Å²) in [6.45, 7) is 11.7. The SMILES string of the molecule is C=C/C=C(\C=C)CNC(C)C(=O)Nc1ccc(C)cn1. The number of aromatic nitrogens is 1. The molecule has 0 aliphatic heterocycles. The number of anilines is 1. The van der Waals surface area contributed by atoms with Gasteiger partial charge in [-0.15, -0.1) is 0 Å². The van der Waals surface area contributed by atoms with Crippen molar-refractivity contribution in [3.8, 4) is 0 Å². The van der Waals surface area contributed by atoms with Crippen LogP contribution in [0, 0.1) is 6.92 Å². The van der Waals surface area contributed by atoms with Crippen molar-refractivity contribution in [3.05, 3.63) is 60.9 Å². The number of carbonyl (C=O) groups excluding carboxylic acids is 1. The van der Waals surface area contributed by atoms with Crippen LogP contribution in [0.4, 0.5) is 5.82 Å². The lowest BCUT2D eigenvalue weighted by atomic mass is 10.2. The first-order valence-electron chi connectivity index (χ1n) is 6.47. The summed E-state index contributed by atoms with van der Waals surface area (Å²) in [7, 11) is 0. The maximum absolute atomic E-state index is 12.0. The third-order valence-electron chi connectivity index (χ3n) is 2.76. The first kappa shape index (κ1) is 15.9. The number of hydrogen-bond donors (Lipinski definition) is 2. The van der Waals surface area contributed by atoms with Crippen LogP contribution in [0.2, 0.25) is 0 Å². The lowest BCUT2D eigenvalue weighted by molar-refractivity contribution is -0.117. The standard InChI is InChI=1S/C16H21N3O/c1-5-7-14(6-2)11-17-13(4)16(20)19-15-9-8-12(3)10-18-15/h5-10,13,17H,1-2,11H2,3-4H3,(H,18,19,20)/b14-7+. The van der Waals surface area contributed by atoms with Gasteiger partial charge in [0.25, 0.3) is 0 Å². The second-order valence-electron chi connectivity index (χ2n) is 4.49. The summed E-state index contributed by atoms with van der Waals surface area (Å²) in [4.78, 5) is 16.1. The van der Waals surface area contributed by atoms with Gasteiger partial charge in [-0.3, -0.25) is 4.79 Å². The van der Waals surface area contributed by atoms with E-state index in [0.29, 0.717) is 12.4 Å². The van der Waals surface area contributed by atoms with Crippen molar-refractivity contribution in [2.75, 3.05) is 11.9 Å². The molecule has 4 nitrogen and oxygen atoms in total. The Labute approximate surface area is 120 Å². The van der Waals surface area contributed by atoms with E-state index in [4.69, 9.17) is 0 Å². The fourth-order valence-corrected chi connectivity index (χ4v) is 1.49. The molecule has 2 N–H and O–H groups in total. The minimum atomic E-state index is -0.328. The molecule has 0 bridgehead atoms. The van der Waals surface area contributed by atoms with Crippen LogP contribution in [0.5, 0.6) is 0 Å². The smallest absolute Gasteiger partial charge is 0.242 e. The summed E-state index contributed by atoms with van der Waals surface area (Å²) in [5, 5.41) is 5.89. The number of amides is 1. The molecular weight excluding hydrogens is 250 g/mol. The topological polar surface area (TPSA) is 54.0 Å². The van der Waals surface area contributed by atoms with E-state index in [1.165, 1.54) is 0 Å². The highest BCUT2D eigenvalue weighted by Crippen LogP contribution is 2.04. The molecule has 0 aromatic carbocycles. The van der Waals surface area contributed by atoms with Gasteiger partial charge in [0, 0.05) is 12.7 Å². The minimum absolute atomic E-state index is 0.122. The maximum Gasteiger partial charge on any atom is 0.242 e. The van der Waals surface area contributed by atoms with Crippen LogP contribution in [0.3, 0.4) is 0 Å². The summed E-state index contributed by atoms with van der Waals surface area (Å²) in [5.41, 5.74) is 2.03. The predicted molar refractivity (Wildman–Crippen MR) is 83.5 cm³/mol. The van der Waals surface area contributed by atoms with Gasteiger partial charge in [0.1, 0.15) is 5.82 Å². The number of aryl methyl sites for hydroxylation is 1. The number of nitrogens with one attached hydrogen (secondary N) is 2. The molecule has 0 spiro atoms. The van der Waals surface area contributed by atoms with Crippen molar-refractivity contribution in [2.24, 2.45) is 0 Å². The van der Waals surface area contributed by atoms with Crippen LogP contribution in [-0.4, -0.2) is 23.5 Å². The van der Waals surface area contributed by atoms with Crippen molar-refractivity contribution < 1.29 is 4.79 Å². The number of carbonyl (C=O) groups is 1. The summed E-state index contributed by atoms with van der Waals surface area (Å²) >= 11 is 0. The molecule has 1 amide bonds. The van der Waals surface area contributed by atoms with Crippen molar-refractivity contribution in [1.82, 2.24) is 10.3 Å². The van der Waals surface area contributed by atoms with E-state index in [2.05, 4.69) is 28.8 Å². The molecule has 0 saturated heterocycles. The summed E-state index contributed by atoms with van der Waals surface area (Å²) in [5.74, 6) is 0.434. The van der Waals surface area contributed by atoms with Gasteiger partial charge in [-0.25, -0.2) is 4.98 Å². The van der Waals surface area contributed by atoms with E-state index in [0.717, 1.165) is 11.1 Å². The second kappa shape index (κ2) is 8.07. The van der Waals surface area contributed by atoms with Gasteiger partial charge in [-0.1, -0.05) is 37.5 Å². The van der Waals surface area contributed by atoms with Crippen molar-refractivity contribution in [1.29, 1.82) is 0 Å². The Morgan fingerprint density at radius 2 is 2.20 bits per heavy atom. The Kier molecular flexibility index (Phi) is 6.40. The molecular formula is C16H21N3O. The lowest BCUT2D eigenvalue weighted by Gasteiger charge is -2.14. The van der Waals surface area contributed by atoms with Gasteiger partial charge in [0.05, 0.1) is 6.04 Å². The first-order chi connectivity index (χ1) is 9.56. The van der Waals surface area contributed by atoms with Gasteiger partial charge >= 0.3 is 0 Å². The van der Waals surface area contributed by atoms with Gasteiger partial charge < -0.3 is 10.6 Å². The van der Waals surface area contributed by atoms with E-state index in [1.54, 1.807) is 31.3 Å². The Balaban J connectivity index is 2.50. The number of hydrogen-bond acceptors (Lipinski definition) is 3. The Hall–Kier alpha value is -2.20. The van der Waals surface area contributed by atoms with Gasteiger partial charge in [-0.2, -0.15) is 0 Å². The number of allylic oxidation sites excluding steroid dienone is 2. The van der Waals surface area contributed by atoms with Crippen LogP contribution < -0.4 is 10.6 Å². The molecule has 0 saturated carbocycles. The second-order valence-corrected chi connectivity index (χ2v) is 4.49. The molecule has 1 unspecified atom stereocenters. The largest absolute Gasteiger partial charge is 0.309 e. The zero-order valence-corrected chi connectivity index (χ0v) is 12.0. The third kappa shape index (κ3) is 5.20. The van der Waals surface area contributed by atoms with Crippen LogP contribution in [-0.2, 0) is 4.79 Å². The molecule has 0 aliphatic rings. The maximum atomic E-state index is 12.0. The zero-order valence-electron chi connectivity index (χ0n) is 12.0. The van der Waals surface area contributed by atoms with Gasteiger partial charge in [-0.05, 0) is 31.1 Å². The molecule has 1 aromatic rings. The Morgan fingerprint density at radius 3 is 2.75 bits per heavy atom. The molecule has 0 radical (unpaired) electrons. The lowest BCUT2D eigenvalue weighted by Crippen LogP contribution is -2.39. The molecule has 106 valence electrons. The number of pyridine rings is 1. The molecule has 0 fully saturated rings. The Bertz CT molecular complexity index is 503. The molecule has 4 heteroatoms. The molecule has 1 heterocycles. The summed E-state index contributed by atoms with van der Waals surface area (Å²) in [6, 6.07) is 3.36. The van der Waals surface area contributed by atoms with Crippen molar-refractivity contribution in [3.63, 3.8) is 0 Å².